The van der Waals surface area contributed by atoms with Crippen LogP contribution >= 0.6 is 0 Å². The standard InChI is InChI=1S/C27H30O17/c28-6-12-15(32)18(35)20(37)26(41-12)43-24-17(34)14-10(31)5-11(8-1-3-9(30)4-2-8)40-23(14)25(22(24)39)44-27-21(38)19(36)16(33)13(7-29)42-27/h1-5,12-13,15-16,18-21,26-30,32-39H,6-7H2/t12-,13-,15+,16+,18+,19+,20-,21+,26+,27+/m1/s1. The minimum atomic E-state index is -2.01. The Morgan fingerprint density at radius 3 is 1.66 bits per heavy atom. The zero-order valence-corrected chi connectivity index (χ0v) is 22.4. The fourth-order valence-corrected chi connectivity index (χ4v) is 4.86. The largest absolute Gasteiger partial charge is 0.508 e. The molecule has 3 heterocycles. The van der Waals surface area contributed by atoms with Crippen LogP contribution in [-0.2, 0) is 9.47 Å². The Balaban J connectivity index is 1.67. The van der Waals surface area contributed by atoms with Crippen molar-refractivity contribution in [2.75, 3.05) is 13.2 Å². The number of aromatic hydroxyl groups is 3. The first-order valence-electron chi connectivity index (χ1n) is 13.2. The summed E-state index contributed by atoms with van der Waals surface area (Å²) in [5.41, 5.74) is -1.33. The maximum atomic E-state index is 13.3. The molecular formula is C27H30O17. The molecule has 2 aromatic carbocycles. The number of hydrogen-bond donors (Lipinski definition) is 11. The summed E-state index contributed by atoms with van der Waals surface area (Å²) in [5, 5.41) is 112. The lowest BCUT2D eigenvalue weighted by Gasteiger charge is -2.40. The lowest BCUT2D eigenvalue weighted by atomic mass is 9.99. The molecule has 2 aliphatic heterocycles. The number of ether oxygens (including phenoxy) is 4. The summed E-state index contributed by atoms with van der Waals surface area (Å²) in [7, 11) is 0. The van der Waals surface area contributed by atoms with Gasteiger partial charge in [0.15, 0.2) is 16.8 Å². The molecule has 1 aromatic heterocycles. The fourth-order valence-electron chi connectivity index (χ4n) is 4.86. The van der Waals surface area contributed by atoms with E-state index in [0.29, 0.717) is 0 Å². The van der Waals surface area contributed by atoms with Crippen LogP contribution in [0.5, 0.6) is 28.7 Å². The Hall–Kier alpha value is -3.75. The summed E-state index contributed by atoms with van der Waals surface area (Å²) >= 11 is 0. The number of benzene rings is 2. The van der Waals surface area contributed by atoms with Crippen LogP contribution in [0.3, 0.4) is 0 Å². The molecule has 0 radical (unpaired) electrons. The molecular weight excluding hydrogens is 596 g/mol. The molecule has 2 fully saturated rings. The van der Waals surface area contributed by atoms with Crippen LogP contribution in [0.1, 0.15) is 0 Å². The Labute approximate surface area is 246 Å². The minimum absolute atomic E-state index is 0.103. The summed E-state index contributed by atoms with van der Waals surface area (Å²) < 4.78 is 27.5. The van der Waals surface area contributed by atoms with Gasteiger partial charge in [0.05, 0.1) is 13.2 Å². The summed E-state index contributed by atoms with van der Waals surface area (Å²) in [6, 6.07) is 6.29. The van der Waals surface area contributed by atoms with Crippen molar-refractivity contribution in [1.29, 1.82) is 0 Å². The Kier molecular flexibility index (Phi) is 8.87. The van der Waals surface area contributed by atoms with Gasteiger partial charge in [-0.3, -0.25) is 4.79 Å². The van der Waals surface area contributed by atoms with E-state index >= 15 is 0 Å². The van der Waals surface area contributed by atoms with Gasteiger partial charge in [0, 0.05) is 11.6 Å². The molecule has 0 bridgehead atoms. The fraction of sp³-hybridized carbons (Fsp3) is 0.444. The SMILES string of the molecule is O=c1cc(-c2ccc(O)cc2)oc2c(O[C@@H]3O[C@H](CO)[C@H](O)[C@H](O)[C@@H]3O)c(O)c(O[C@@H]3O[C@H](CO)[C@H](O)[C@H](O)[C@H]3O)c(O)c12. The average molecular weight is 627 g/mol. The van der Waals surface area contributed by atoms with Crippen molar-refractivity contribution in [1.82, 2.24) is 0 Å². The molecule has 3 aromatic rings. The second-order valence-corrected chi connectivity index (χ2v) is 10.2. The molecule has 17 nitrogen and oxygen atoms in total. The monoisotopic (exact) mass is 626 g/mol. The lowest BCUT2D eigenvalue weighted by molar-refractivity contribution is -0.279. The number of phenolic OH excluding ortho intramolecular Hbond substituents is 3. The summed E-state index contributed by atoms with van der Waals surface area (Å²) in [6.07, 6.45) is -18.2. The van der Waals surface area contributed by atoms with Crippen molar-refractivity contribution in [3.05, 3.63) is 40.6 Å². The molecule has 0 saturated carbocycles. The third-order valence-electron chi connectivity index (χ3n) is 7.35. The van der Waals surface area contributed by atoms with Gasteiger partial charge < -0.3 is 79.5 Å². The maximum absolute atomic E-state index is 13.3. The predicted octanol–water partition coefficient (Wildman–Crippen LogP) is -3.07. The number of fused-ring (bicyclic) bond motifs is 1. The van der Waals surface area contributed by atoms with Crippen molar-refractivity contribution in [2.45, 2.75) is 61.4 Å². The van der Waals surface area contributed by atoms with Crippen LogP contribution in [0.2, 0.25) is 0 Å². The van der Waals surface area contributed by atoms with Gasteiger partial charge in [-0.25, -0.2) is 0 Å². The highest BCUT2D eigenvalue weighted by Crippen LogP contribution is 2.51. The first-order chi connectivity index (χ1) is 20.9. The van der Waals surface area contributed by atoms with Gasteiger partial charge in [0.2, 0.25) is 29.8 Å². The van der Waals surface area contributed by atoms with Gasteiger partial charge in [0.25, 0.3) is 0 Å². The van der Waals surface area contributed by atoms with E-state index in [2.05, 4.69) is 0 Å². The van der Waals surface area contributed by atoms with Crippen molar-refractivity contribution in [3.8, 4) is 40.1 Å². The van der Waals surface area contributed by atoms with E-state index in [1.165, 1.54) is 24.3 Å². The van der Waals surface area contributed by atoms with Crippen molar-refractivity contribution < 1.29 is 79.5 Å². The highest BCUT2D eigenvalue weighted by Gasteiger charge is 2.47. The molecule has 0 unspecified atom stereocenters. The van der Waals surface area contributed by atoms with E-state index in [1.807, 2.05) is 0 Å². The van der Waals surface area contributed by atoms with Crippen LogP contribution in [0.25, 0.3) is 22.3 Å². The van der Waals surface area contributed by atoms with E-state index in [0.717, 1.165) is 6.07 Å². The van der Waals surface area contributed by atoms with Gasteiger partial charge in [-0.05, 0) is 24.3 Å². The highest BCUT2D eigenvalue weighted by molar-refractivity contribution is 5.95. The highest BCUT2D eigenvalue weighted by atomic mass is 16.7. The van der Waals surface area contributed by atoms with Gasteiger partial charge in [-0.15, -0.1) is 0 Å². The van der Waals surface area contributed by atoms with Crippen LogP contribution < -0.4 is 14.9 Å². The summed E-state index contributed by atoms with van der Waals surface area (Å²) in [4.78, 5) is 13.3. The average Bonchev–Trinajstić information content (AvgIpc) is 3.01. The number of rotatable bonds is 7. The van der Waals surface area contributed by atoms with Gasteiger partial charge in [-0.2, -0.15) is 0 Å². The second-order valence-electron chi connectivity index (χ2n) is 10.2. The van der Waals surface area contributed by atoms with Crippen molar-refractivity contribution >= 4 is 11.0 Å². The molecule has 0 aliphatic carbocycles. The molecule has 240 valence electrons. The number of aliphatic hydroxyl groups is 8. The molecule has 0 spiro atoms. The molecule has 5 rings (SSSR count). The van der Waals surface area contributed by atoms with Crippen LogP contribution in [0, 0.1) is 0 Å². The zero-order chi connectivity index (χ0) is 32.0. The van der Waals surface area contributed by atoms with Crippen LogP contribution in [0.15, 0.2) is 39.5 Å². The molecule has 11 N–H and O–H groups in total. The van der Waals surface area contributed by atoms with Gasteiger partial charge in [-0.1, -0.05) is 0 Å². The van der Waals surface area contributed by atoms with E-state index in [1.54, 1.807) is 0 Å². The van der Waals surface area contributed by atoms with E-state index in [-0.39, 0.29) is 17.1 Å². The normalized spacial score (nSPS) is 32.5. The predicted molar refractivity (Wildman–Crippen MR) is 142 cm³/mol. The summed E-state index contributed by atoms with van der Waals surface area (Å²) in [5.74, 6) is -4.28. The molecule has 2 aliphatic rings. The van der Waals surface area contributed by atoms with E-state index < -0.39 is 114 Å². The van der Waals surface area contributed by atoms with Crippen LogP contribution in [-0.4, -0.2) is 131 Å². The molecule has 44 heavy (non-hydrogen) atoms. The number of hydrogen-bond acceptors (Lipinski definition) is 17. The minimum Gasteiger partial charge on any atom is -0.508 e. The van der Waals surface area contributed by atoms with Gasteiger partial charge in [0.1, 0.15) is 65.7 Å². The quantitative estimate of drug-likeness (QED) is 0.124. The molecule has 0 amide bonds. The van der Waals surface area contributed by atoms with E-state index in [4.69, 9.17) is 23.4 Å². The maximum Gasteiger partial charge on any atom is 0.229 e. The third-order valence-corrected chi connectivity index (χ3v) is 7.35. The second kappa shape index (κ2) is 12.3. The van der Waals surface area contributed by atoms with Crippen LogP contribution in [0.4, 0.5) is 0 Å². The topological polar surface area (TPSA) is 290 Å². The third kappa shape index (κ3) is 5.50. The molecule has 2 saturated heterocycles. The Bertz CT molecular complexity index is 1540. The van der Waals surface area contributed by atoms with E-state index in [9.17, 15) is 61.0 Å². The smallest absolute Gasteiger partial charge is 0.229 e. The Morgan fingerprint density at radius 2 is 1.16 bits per heavy atom. The van der Waals surface area contributed by atoms with Gasteiger partial charge >= 0.3 is 0 Å². The number of aliphatic hydroxyl groups excluding tert-OH is 8. The first kappa shape index (κ1) is 31.7. The molecule has 17 heteroatoms. The zero-order valence-electron chi connectivity index (χ0n) is 22.4. The van der Waals surface area contributed by atoms with Crippen molar-refractivity contribution in [3.63, 3.8) is 0 Å². The lowest BCUT2D eigenvalue weighted by Crippen LogP contribution is -2.60. The molecule has 10 atom stereocenters. The van der Waals surface area contributed by atoms with Crippen molar-refractivity contribution in [2.24, 2.45) is 0 Å². The Morgan fingerprint density at radius 1 is 0.659 bits per heavy atom. The number of phenols is 3. The first-order valence-corrected chi connectivity index (χ1v) is 13.2. The summed E-state index contributed by atoms with van der Waals surface area (Å²) in [6.45, 7) is -1.67.